The van der Waals surface area contributed by atoms with E-state index >= 15 is 0 Å². The van der Waals surface area contributed by atoms with Crippen LogP contribution in [0.2, 0.25) is 0 Å². The van der Waals surface area contributed by atoms with E-state index in [0.29, 0.717) is 82.9 Å². The zero-order valence-corrected chi connectivity index (χ0v) is 84.3. The highest BCUT2D eigenvalue weighted by Crippen LogP contribution is 2.32. The van der Waals surface area contributed by atoms with Crippen molar-refractivity contribution >= 4 is 0 Å². The Labute approximate surface area is 710 Å². The van der Waals surface area contributed by atoms with Gasteiger partial charge < -0.3 is 0 Å². The molecule has 0 spiro atoms. The predicted molar refractivity (Wildman–Crippen MR) is 515 cm³/mol. The molecular weight excluding hydrogens is 1390 g/mol. The van der Waals surface area contributed by atoms with E-state index in [1.165, 1.54) is 78.4 Å². The Kier molecular flexibility index (Phi) is 78.1. The van der Waals surface area contributed by atoms with E-state index in [-0.39, 0.29) is 10.8 Å². The summed E-state index contributed by atoms with van der Waals surface area (Å²) in [7, 11) is 0. The molecule has 1 aromatic carbocycles. The molecule has 0 radical (unpaired) electrons. The fraction of sp³-hybridized carbons (Fsp3) is 0.635. The molecule has 0 aliphatic heterocycles. The highest BCUT2D eigenvalue weighted by atomic mass is 14.8. The summed E-state index contributed by atoms with van der Waals surface area (Å²) in [5.41, 5.74) is 21.2. The smallest absolute Gasteiger partial charge is 0.115 e. The van der Waals surface area contributed by atoms with E-state index in [4.69, 9.17) is 0 Å². The largest absolute Gasteiger partial charge is 0.264 e. The Balaban J connectivity index is -0.000000183. The summed E-state index contributed by atoms with van der Waals surface area (Å²) in [4.78, 5) is 42.6. The van der Waals surface area contributed by atoms with Gasteiger partial charge in [0.15, 0.2) is 0 Å². The van der Waals surface area contributed by atoms with Gasteiger partial charge in [-0.05, 0) is 168 Å². The maximum atomic E-state index is 4.41. The first-order chi connectivity index (χ1) is 53.6. The predicted octanol–water partition coefficient (Wildman–Crippen LogP) is 34.0. The Hall–Kier alpha value is -6.94. The van der Waals surface area contributed by atoms with Crippen LogP contribution in [0.3, 0.4) is 0 Å². The average Bonchev–Trinajstić information content (AvgIpc) is 0.828. The molecule has 0 atom stereocenters. The minimum absolute atomic E-state index is 0.0911. The van der Waals surface area contributed by atoms with Crippen LogP contribution in [0.25, 0.3) is 0 Å². The van der Waals surface area contributed by atoms with Gasteiger partial charge in [0.1, 0.15) is 12.7 Å². The van der Waals surface area contributed by atoms with E-state index in [0.717, 1.165) is 11.4 Å². The molecule has 652 valence electrons. The lowest BCUT2D eigenvalue weighted by atomic mass is 9.84. The lowest BCUT2D eigenvalue weighted by molar-refractivity contribution is 0.547. The SMILES string of the molecule is CC.CC.CC.CC.CC.CC.CC.CC.CC(C)c1ccccc1C(C)C.CC(C)c1cccnc1C(C)C.CC(C)c1cccnc1C(C)C.CC(C)c1ccncc1C(C)C.CC(C)c1ccncc1C(C)C.CC(C)c1cncnc1C(C)C.CC(C)c1nccnc1C(C)(C)C.CC(C)c1ncncc1C(C)(C)C. The molecule has 0 saturated carbocycles. The van der Waals surface area contributed by atoms with E-state index in [1.807, 2.05) is 172 Å². The molecule has 8 rings (SSSR count). The first kappa shape index (κ1) is 123. The number of hydrogen-bond donors (Lipinski definition) is 0. The van der Waals surface area contributed by atoms with Crippen molar-refractivity contribution in [2.45, 2.75) is 440 Å². The number of pyridine rings is 4. The third-order valence-corrected chi connectivity index (χ3v) is 16.6. The summed E-state index contributed by atoms with van der Waals surface area (Å²) in [6.45, 7) is 107. The molecule has 0 amide bonds. The van der Waals surface area contributed by atoms with E-state index in [2.05, 4.69) is 334 Å². The lowest BCUT2D eigenvalue weighted by Crippen LogP contribution is -2.18. The van der Waals surface area contributed by atoms with Gasteiger partial charge in [0.05, 0.1) is 11.4 Å². The fourth-order valence-electron chi connectivity index (χ4n) is 11.2. The molecule has 8 aromatic rings. The maximum Gasteiger partial charge on any atom is 0.115 e. The second-order valence-electron chi connectivity index (χ2n) is 32.2. The number of aromatic nitrogens is 10. The minimum atomic E-state index is 0.0911. The van der Waals surface area contributed by atoms with E-state index in [1.54, 1.807) is 25.0 Å². The average molecular weight is 1580 g/mol. The molecule has 0 bridgehead atoms. The molecule has 114 heavy (non-hydrogen) atoms. The van der Waals surface area contributed by atoms with Crippen molar-refractivity contribution in [3.63, 3.8) is 0 Å². The van der Waals surface area contributed by atoms with Gasteiger partial charge in [0, 0.05) is 90.2 Å². The molecule has 10 nitrogen and oxygen atoms in total. The van der Waals surface area contributed by atoms with Crippen LogP contribution < -0.4 is 0 Å². The van der Waals surface area contributed by atoms with Crippen molar-refractivity contribution in [3.05, 3.63) is 225 Å². The highest BCUT2D eigenvalue weighted by Gasteiger charge is 2.23. The third kappa shape index (κ3) is 51.2. The standard InChI is InChI=1S/C12H18.2C11H18N2.4C11H17N.C10H16N2.8C2H6/c1-9(2)11-7-5-6-8-12(11)10(3)4;1-8(2)10-9(11(3,4)5)6-12-7-13-10;1-8(2)9-10(11(3,4)5)13-7-6-12-9;2*1-8(2)10-5-6-12-7-11(10)9(3)4;2*1-8(2)10-6-5-7-12-11(10)9(3)4;1-7(2)9-5-11-6-12-10(9)8(3)4;8*1-2/h5-10H,1-4H3;2*6-8H,1-5H3;4*5-9H,1-4H3;5-8H,1-4H3;8*1-2H3. The number of hydrogen-bond acceptors (Lipinski definition) is 10. The molecule has 7 heterocycles. The van der Waals surface area contributed by atoms with E-state index in [9.17, 15) is 0 Å². The first-order valence-corrected chi connectivity index (χ1v) is 44.9. The summed E-state index contributed by atoms with van der Waals surface area (Å²) < 4.78 is 0. The molecule has 0 aliphatic rings. The van der Waals surface area contributed by atoms with Crippen molar-refractivity contribution in [2.75, 3.05) is 0 Å². The first-order valence-electron chi connectivity index (χ1n) is 44.9. The van der Waals surface area contributed by atoms with Gasteiger partial charge in [-0.2, -0.15) is 0 Å². The second-order valence-corrected chi connectivity index (χ2v) is 32.2. The van der Waals surface area contributed by atoms with Crippen molar-refractivity contribution in [1.82, 2.24) is 49.8 Å². The number of nitrogens with zero attached hydrogens (tertiary/aromatic N) is 10. The van der Waals surface area contributed by atoms with Gasteiger partial charge in [0.25, 0.3) is 0 Å². The number of benzene rings is 1. The van der Waals surface area contributed by atoms with Crippen molar-refractivity contribution in [3.8, 4) is 0 Å². The molecule has 0 N–H and O–H groups in total. The third-order valence-electron chi connectivity index (χ3n) is 16.6. The Morgan fingerprint density at radius 2 is 0.439 bits per heavy atom. The zero-order valence-electron chi connectivity index (χ0n) is 84.3. The molecular formula is C104H186N10. The van der Waals surface area contributed by atoms with Gasteiger partial charge in [0.2, 0.25) is 0 Å². The van der Waals surface area contributed by atoms with Gasteiger partial charge in [-0.3, -0.25) is 29.9 Å². The fourth-order valence-corrected chi connectivity index (χ4v) is 11.2. The van der Waals surface area contributed by atoms with Gasteiger partial charge in [-0.1, -0.05) is 383 Å². The summed E-state index contributed by atoms with van der Waals surface area (Å²) in [5.74, 6) is 7.80. The van der Waals surface area contributed by atoms with E-state index < -0.39 is 0 Å². The molecule has 7 aromatic heterocycles. The summed E-state index contributed by atoms with van der Waals surface area (Å²) in [6.07, 6.45) is 22.1. The second kappa shape index (κ2) is 72.5. The maximum absolute atomic E-state index is 4.41. The topological polar surface area (TPSA) is 129 Å². The van der Waals surface area contributed by atoms with Gasteiger partial charge in [-0.15, -0.1) is 0 Å². The minimum Gasteiger partial charge on any atom is -0.264 e. The Morgan fingerprint density at radius 3 is 0.675 bits per heavy atom. The molecule has 0 fully saturated rings. The highest BCUT2D eigenvalue weighted by molar-refractivity contribution is 5.34. The van der Waals surface area contributed by atoms with Crippen molar-refractivity contribution < 1.29 is 0 Å². The Morgan fingerprint density at radius 1 is 0.193 bits per heavy atom. The van der Waals surface area contributed by atoms with Crippen LogP contribution in [-0.2, 0) is 10.8 Å². The summed E-state index contributed by atoms with van der Waals surface area (Å²) >= 11 is 0. The molecule has 10 heteroatoms. The summed E-state index contributed by atoms with van der Waals surface area (Å²) in [6, 6.07) is 21.4. The van der Waals surface area contributed by atoms with Crippen LogP contribution in [0.5, 0.6) is 0 Å². The number of rotatable bonds is 14. The normalized spacial score (nSPS) is 10.2. The monoisotopic (exact) mass is 1580 g/mol. The van der Waals surface area contributed by atoms with Crippen molar-refractivity contribution in [2.24, 2.45) is 0 Å². The quantitative estimate of drug-likeness (QED) is 0.104. The van der Waals surface area contributed by atoms with Crippen molar-refractivity contribution in [1.29, 1.82) is 0 Å². The molecule has 0 aliphatic carbocycles. The summed E-state index contributed by atoms with van der Waals surface area (Å²) in [5, 5.41) is 0. The lowest BCUT2D eigenvalue weighted by Gasteiger charge is -2.22. The van der Waals surface area contributed by atoms with Crippen LogP contribution in [0.4, 0.5) is 0 Å². The van der Waals surface area contributed by atoms with Crippen LogP contribution in [0.15, 0.2) is 135 Å². The zero-order chi connectivity index (χ0) is 90.9. The van der Waals surface area contributed by atoms with Crippen LogP contribution in [0, 0.1) is 0 Å². The molecule has 0 unspecified atom stereocenters. The van der Waals surface area contributed by atoms with Crippen LogP contribution in [-0.4, -0.2) is 49.8 Å². The molecule has 0 saturated heterocycles. The Bertz CT molecular complexity index is 2790. The van der Waals surface area contributed by atoms with Crippen LogP contribution in [0.1, 0.15) is 519 Å². The van der Waals surface area contributed by atoms with Crippen LogP contribution >= 0.6 is 0 Å². The van der Waals surface area contributed by atoms with Gasteiger partial charge >= 0.3 is 0 Å². The van der Waals surface area contributed by atoms with Gasteiger partial charge in [-0.25, -0.2) is 19.9 Å².